The first-order chi connectivity index (χ1) is 15.3. The lowest BCUT2D eigenvalue weighted by Crippen LogP contribution is -2.46. The standard InChI is InChI=1S/C20H31N5O7/c1-13(2)17(23-20(29)32-9-8-31-7-6-30-3)16(26)11-14-10-15-12-22-24-25(15)5-4-21-19(28)18(14)27/h12-14,17H,4-11H2,1-3H3,(H,21,28)(H,23,29). The fourth-order valence-corrected chi connectivity index (χ4v) is 3.28. The number of methoxy groups -OCH3 is 1. The Morgan fingerprint density at radius 1 is 1.25 bits per heavy atom. The number of ketones is 2. The van der Waals surface area contributed by atoms with Crippen molar-refractivity contribution in [3.8, 4) is 0 Å². The molecule has 0 fully saturated rings. The van der Waals surface area contributed by atoms with Crippen molar-refractivity contribution >= 4 is 23.6 Å². The SMILES string of the molecule is COCCOCCOC(=O)NC(C(=O)CC1Cc2cnnn2CCNC(=O)C1=O)C(C)C. The molecule has 0 aromatic carbocycles. The van der Waals surface area contributed by atoms with E-state index in [0.29, 0.717) is 25.5 Å². The molecule has 2 rings (SSSR count). The highest BCUT2D eigenvalue weighted by atomic mass is 16.6. The van der Waals surface area contributed by atoms with E-state index in [0.717, 1.165) is 0 Å². The van der Waals surface area contributed by atoms with Crippen LogP contribution in [0.15, 0.2) is 6.20 Å². The third-order valence-electron chi connectivity index (χ3n) is 4.98. The van der Waals surface area contributed by atoms with E-state index in [-0.39, 0.29) is 44.3 Å². The van der Waals surface area contributed by atoms with E-state index in [1.807, 2.05) is 0 Å². The molecule has 2 unspecified atom stereocenters. The molecule has 0 radical (unpaired) electrons. The van der Waals surface area contributed by atoms with E-state index in [1.165, 1.54) is 6.20 Å². The zero-order valence-electron chi connectivity index (χ0n) is 18.7. The highest BCUT2D eigenvalue weighted by Crippen LogP contribution is 2.18. The number of carbonyl (C=O) groups is 4. The first-order valence-corrected chi connectivity index (χ1v) is 10.6. The summed E-state index contributed by atoms with van der Waals surface area (Å²) in [4.78, 5) is 49.9. The number of hydrogen-bond acceptors (Lipinski definition) is 9. The number of aromatic nitrogens is 3. The van der Waals surface area contributed by atoms with Crippen LogP contribution >= 0.6 is 0 Å². The van der Waals surface area contributed by atoms with Gasteiger partial charge in [-0.3, -0.25) is 14.4 Å². The second-order valence-corrected chi connectivity index (χ2v) is 7.75. The molecule has 0 aliphatic carbocycles. The Morgan fingerprint density at radius 3 is 2.72 bits per heavy atom. The molecule has 1 aromatic rings. The fraction of sp³-hybridized carbons (Fsp3) is 0.700. The number of alkyl carbamates (subject to hydrolysis) is 1. The molecule has 12 nitrogen and oxygen atoms in total. The predicted molar refractivity (Wildman–Crippen MR) is 111 cm³/mol. The van der Waals surface area contributed by atoms with E-state index in [9.17, 15) is 19.2 Å². The number of Topliss-reactive ketones (excluding diaryl/α,β-unsaturated/α-hetero) is 2. The van der Waals surface area contributed by atoms with Gasteiger partial charge in [0.2, 0.25) is 5.78 Å². The highest BCUT2D eigenvalue weighted by Gasteiger charge is 2.33. The van der Waals surface area contributed by atoms with Gasteiger partial charge in [-0.05, 0) is 5.92 Å². The Hall–Kier alpha value is -2.86. The van der Waals surface area contributed by atoms with Crippen LogP contribution in [-0.4, -0.2) is 84.7 Å². The van der Waals surface area contributed by atoms with Gasteiger partial charge in [0, 0.05) is 32.4 Å². The highest BCUT2D eigenvalue weighted by molar-refractivity contribution is 6.37. The van der Waals surface area contributed by atoms with Crippen LogP contribution in [0.25, 0.3) is 0 Å². The molecule has 2 atom stereocenters. The van der Waals surface area contributed by atoms with Crippen molar-refractivity contribution in [2.75, 3.05) is 40.1 Å². The smallest absolute Gasteiger partial charge is 0.407 e. The van der Waals surface area contributed by atoms with Crippen LogP contribution in [-0.2, 0) is 41.6 Å². The van der Waals surface area contributed by atoms with Crippen molar-refractivity contribution in [1.29, 1.82) is 0 Å². The van der Waals surface area contributed by atoms with Gasteiger partial charge < -0.3 is 24.8 Å². The number of ether oxygens (including phenoxy) is 3. The maximum Gasteiger partial charge on any atom is 0.407 e. The van der Waals surface area contributed by atoms with E-state index in [1.54, 1.807) is 25.6 Å². The first-order valence-electron chi connectivity index (χ1n) is 10.6. The van der Waals surface area contributed by atoms with Crippen LogP contribution in [0.3, 0.4) is 0 Å². The fourth-order valence-electron chi connectivity index (χ4n) is 3.28. The van der Waals surface area contributed by atoms with Crippen LogP contribution in [0, 0.1) is 11.8 Å². The molecule has 1 aliphatic rings. The van der Waals surface area contributed by atoms with Crippen molar-refractivity contribution < 1.29 is 33.4 Å². The van der Waals surface area contributed by atoms with Gasteiger partial charge in [-0.25, -0.2) is 9.48 Å². The molecule has 0 bridgehead atoms. The Labute approximate surface area is 186 Å². The summed E-state index contributed by atoms with van der Waals surface area (Å²) < 4.78 is 16.7. The second kappa shape index (κ2) is 12.9. The number of rotatable bonds is 11. The van der Waals surface area contributed by atoms with Crippen LogP contribution in [0.2, 0.25) is 0 Å². The summed E-state index contributed by atoms with van der Waals surface area (Å²) in [5, 5.41) is 12.9. The van der Waals surface area contributed by atoms with Gasteiger partial charge in [-0.15, -0.1) is 5.10 Å². The average Bonchev–Trinajstić information content (AvgIpc) is 3.20. The molecule has 12 heteroatoms. The van der Waals surface area contributed by atoms with Crippen molar-refractivity contribution in [3.63, 3.8) is 0 Å². The number of nitrogens with zero attached hydrogens (tertiary/aromatic N) is 3. The van der Waals surface area contributed by atoms with Gasteiger partial charge >= 0.3 is 6.09 Å². The molecule has 2 N–H and O–H groups in total. The molecule has 32 heavy (non-hydrogen) atoms. The molecular formula is C20H31N5O7. The van der Waals surface area contributed by atoms with Gasteiger partial charge in [-0.1, -0.05) is 19.1 Å². The second-order valence-electron chi connectivity index (χ2n) is 7.75. The average molecular weight is 453 g/mol. The predicted octanol–water partition coefficient (Wildman–Crippen LogP) is -0.491. The Morgan fingerprint density at radius 2 is 2.00 bits per heavy atom. The summed E-state index contributed by atoms with van der Waals surface area (Å²) in [5.41, 5.74) is 0.662. The summed E-state index contributed by atoms with van der Waals surface area (Å²) >= 11 is 0. The molecule has 0 spiro atoms. The maximum absolute atomic E-state index is 13.0. The van der Waals surface area contributed by atoms with Gasteiger partial charge in [0.15, 0.2) is 5.78 Å². The number of nitrogens with one attached hydrogen (secondary N) is 2. The third-order valence-corrected chi connectivity index (χ3v) is 4.98. The topological polar surface area (TPSA) is 151 Å². The van der Waals surface area contributed by atoms with Gasteiger partial charge in [0.05, 0.1) is 44.3 Å². The van der Waals surface area contributed by atoms with Gasteiger partial charge in [-0.2, -0.15) is 0 Å². The van der Waals surface area contributed by atoms with Crippen molar-refractivity contribution in [2.45, 2.75) is 39.3 Å². The minimum absolute atomic E-state index is 0.0207. The van der Waals surface area contributed by atoms with Crippen LogP contribution in [0.5, 0.6) is 0 Å². The molecule has 0 saturated carbocycles. The molecular weight excluding hydrogens is 422 g/mol. The van der Waals surface area contributed by atoms with Crippen LogP contribution in [0.4, 0.5) is 4.79 Å². The number of amides is 2. The van der Waals surface area contributed by atoms with Crippen molar-refractivity contribution in [2.24, 2.45) is 11.8 Å². The van der Waals surface area contributed by atoms with Crippen LogP contribution < -0.4 is 10.6 Å². The van der Waals surface area contributed by atoms with E-state index >= 15 is 0 Å². The Balaban J connectivity index is 1.97. The Bertz CT molecular complexity index is 795. The minimum atomic E-state index is -0.883. The molecule has 1 aromatic heterocycles. The van der Waals surface area contributed by atoms with E-state index in [4.69, 9.17) is 14.2 Å². The summed E-state index contributed by atoms with van der Waals surface area (Å²) in [6, 6.07) is -0.872. The van der Waals surface area contributed by atoms with E-state index < -0.39 is 29.7 Å². The normalized spacial score (nSPS) is 17.6. The van der Waals surface area contributed by atoms with Crippen molar-refractivity contribution in [1.82, 2.24) is 25.6 Å². The largest absolute Gasteiger partial charge is 0.447 e. The zero-order valence-corrected chi connectivity index (χ0v) is 18.7. The monoisotopic (exact) mass is 453 g/mol. The van der Waals surface area contributed by atoms with Crippen LogP contribution in [0.1, 0.15) is 26.0 Å². The van der Waals surface area contributed by atoms with Gasteiger partial charge in [0.1, 0.15) is 6.61 Å². The molecule has 0 saturated heterocycles. The maximum atomic E-state index is 13.0. The minimum Gasteiger partial charge on any atom is -0.447 e. The lowest BCUT2D eigenvalue weighted by atomic mass is 9.87. The summed E-state index contributed by atoms with van der Waals surface area (Å²) in [7, 11) is 1.56. The number of carbonyl (C=O) groups excluding carboxylic acids is 4. The molecule has 1 aliphatic heterocycles. The van der Waals surface area contributed by atoms with E-state index in [2.05, 4.69) is 20.9 Å². The number of fused-ring (bicyclic) bond motifs is 1. The quantitative estimate of drug-likeness (QED) is 0.334. The summed E-state index contributed by atoms with van der Waals surface area (Å²) in [6.07, 6.45) is 0.707. The van der Waals surface area contributed by atoms with Crippen molar-refractivity contribution in [3.05, 3.63) is 11.9 Å². The molecule has 2 amide bonds. The Kier molecular flexibility index (Phi) is 10.2. The summed E-state index contributed by atoms with van der Waals surface area (Å²) in [6.45, 7) is 5.19. The third kappa shape index (κ3) is 7.68. The molecule has 2 heterocycles. The lowest BCUT2D eigenvalue weighted by Gasteiger charge is -2.23. The summed E-state index contributed by atoms with van der Waals surface area (Å²) in [5.74, 6) is -2.90. The molecule has 178 valence electrons. The zero-order chi connectivity index (χ0) is 23.5. The number of hydrogen-bond donors (Lipinski definition) is 2. The first kappa shape index (κ1) is 25.4. The van der Waals surface area contributed by atoms with Gasteiger partial charge in [0.25, 0.3) is 5.91 Å². The lowest BCUT2D eigenvalue weighted by molar-refractivity contribution is -0.141.